The SMILES string of the molecule is COC(=O)[C@@H]1CN(C(=O)CSc2ncnc3sc4c(c23)CCC4)CCS1. The normalized spacial score (nSPS) is 19.6. The zero-order chi connectivity index (χ0) is 18.1. The molecule has 9 heteroatoms. The molecule has 1 amide bonds. The van der Waals surface area contributed by atoms with E-state index in [0.717, 1.165) is 33.8 Å². The summed E-state index contributed by atoms with van der Waals surface area (Å²) in [5.41, 5.74) is 1.38. The van der Waals surface area contributed by atoms with Crippen molar-refractivity contribution in [1.82, 2.24) is 14.9 Å². The van der Waals surface area contributed by atoms with Crippen molar-refractivity contribution in [2.45, 2.75) is 29.5 Å². The summed E-state index contributed by atoms with van der Waals surface area (Å²) < 4.78 is 4.81. The highest BCUT2D eigenvalue weighted by Crippen LogP contribution is 2.40. The molecular weight excluding hydrogens is 390 g/mol. The van der Waals surface area contributed by atoms with Crippen molar-refractivity contribution >= 4 is 57.0 Å². The molecule has 0 spiro atoms. The van der Waals surface area contributed by atoms with Crippen LogP contribution in [0.1, 0.15) is 16.9 Å². The standard InChI is InChI=1S/C17H19N3O3S3/c1-23-17(22)12-7-20(5-6-24-12)13(21)8-25-15-14-10-3-2-4-11(10)26-16(14)19-9-18-15/h9,12H,2-8H2,1H3/t12-/m0/s1. The van der Waals surface area contributed by atoms with E-state index in [0.29, 0.717) is 18.8 Å². The second-order valence-corrected chi connectivity index (χ2v) is 9.59. The molecule has 1 atom stereocenters. The van der Waals surface area contributed by atoms with Crippen molar-refractivity contribution in [3.8, 4) is 0 Å². The highest BCUT2D eigenvalue weighted by atomic mass is 32.2. The van der Waals surface area contributed by atoms with Gasteiger partial charge < -0.3 is 9.64 Å². The number of aryl methyl sites for hydroxylation is 2. The third-order valence-corrected chi connectivity index (χ3v) is 8.02. The van der Waals surface area contributed by atoms with Gasteiger partial charge in [-0.15, -0.1) is 23.1 Å². The number of carbonyl (C=O) groups excluding carboxylic acids is 2. The molecule has 4 rings (SSSR count). The van der Waals surface area contributed by atoms with E-state index in [1.807, 2.05) is 0 Å². The Morgan fingerprint density at radius 3 is 3.12 bits per heavy atom. The van der Waals surface area contributed by atoms with Gasteiger partial charge in [-0.3, -0.25) is 9.59 Å². The van der Waals surface area contributed by atoms with Gasteiger partial charge in [0.1, 0.15) is 21.4 Å². The molecule has 2 aromatic rings. The topological polar surface area (TPSA) is 72.4 Å². The minimum absolute atomic E-state index is 0.0443. The number of amides is 1. The van der Waals surface area contributed by atoms with Crippen molar-refractivity contribution in [2.24, 2.45) is 0 Å². The lowest BCUT2D eigenvalue weighted by molar-refractivity contribution is -0.141. The summed E-state index contributed by atoms with van der Waals surface area (Å²) in [6, 6.07) is 0. The highest BCUT2D eigenvalue weighted by molar-refractivity contribution is 8.00. The first kappa shape index (κ1) is 18.1. The molecular formula is C17H19N3O3S3. The number of methoxy groups -OCH3 is 1. The van der Waals surface area contributed by atoms with Gasteiger partial charge in [-0.1, -0.05) is 11.8 Å². The molecule has 138 valence electrons. The number of carbonyl (C=O) groups is 2. The number of aromatic nitrogens is 2. The summed E-state index contributed by atoms with van der Waals surface area (Å²) in [5, 5.41) is 1.76. The molecule has 0 saturated carbocycles. The van der Waals surface area contributed by atoms with Crippen LogP contribution in [0.4, 0.5) is 0 Å². The van der Waals surface area contributed by atoms with Gasteiger partial charge in [0, 0.05) is 29.1 Å². The molecule has 0 N–H and O–H groups in total. The first-order valence-corrected chi connectivity index (χ1v) is 11.4. The fourth-order valence-electron chi connectivity index (χ4n) is 3.38. The number of nitrogens with zero attached hydrogens (tertiary/aromatic N) is 3. The minimum atomic E-state index is -0.284. The molecule has 2 aromatic heterocycles. The first-order chi connectivity index (χ1) is 12.7. The predicted octanol–water partition coefficient (Wildman–Crippen LogP) is 2.39. The zero-order valence-electron chi connectivity index (χ0n) is 14.4. The van der Waals surface area contributed by atoms with E-state index < -0.39 is 0 Å². The number of fused-ring (bicyclic) bond motifs is 3. The molecule has 1 saturated heterocycles. The average Bonchev–Trinajstić information content (AvgIpc) is 3.26. The first-order valence-electron chi connectivity index (χ1n) is 8.52. The van der Waals surface area contributed by atoms with E-state index >= 15 is 0 Å². The van der Waals surface area contributed by atoms with Crippen molar-refractivity contribution in [3.63, 3.8) is 0 Å². The maximum atomic E-state index is 12.6. The molecule has 0 bridgehead atoms. The van der Waals surface area contributed by atoms with Crippen molar-refractivity contribution in [2.75, 3.05) is 31.7 Å². The van der Waals surface area contributed by atoms with E-state index in [4.69, 9.17) is 4.74 Å². The number of ether oxygens (including phenoxy) is 1. The Hall–Kier alpha value is -1.32. The van der Waals surface area contributed by atoms with Gasteiger partial charge in [0.15, 0.2) is 0 Å². The van der Waals surface area contributed by atoms with E-state index in [1.54, 1.807) is 34.3 Å². The van der Waals surface area contributed by atoms with Crippen LogP contribution in [0.5, 0.6) is 0 Å². The summed E-state index contributed by atoms with van der Waals surface area (Å²) in [6.07, 6.45) is 4.98. The van der Waals surface area contributed by atoms with E-state index in [2.05, 4.69) is 9.97 Å². The second kappa shape index (κ2) is 7.74. The largest absolute Gasteiger partial charge is 0.468 e. The lowest BCUT2D eigenvalue weighted by atomic mass is 10.2. The van der Waals surface area contributed by atoms with Crippen molar-refractivity contribution in [3.05, 3.63) is 16.8 Å². The molecule has 2 aliphatic rings. The summed E-state index contributed by atoms with van der Waals surface area (Å²) in [4.78, 5) is 37.4. The Balaban J connectivity index is 1.45. The van der Waals surface area contributed by atoms with Crippen molar-refractivity contribution in [1.29, 1.82) is 0 Å². The molecule has 0 aromatic carbocycles. The van der Waals surface area contributed by atoms with E-state index in [-0.39, 0.29) is 17.1 Å². The molecule has 3 heterocycles. The fourth-order valence-corrected chi connectivity index (χ4v) is 6.73. The Kier molecular flexibility index (Phi) is 5.37. The Bertz CT molecular complexity index is 854. The van der Waals surface area contributed by atoms with Crippen LogP contribution in [0.2, 0.25) is 0 Å². The maximum Gasteiger partial charge on any atom is 0.320 e. The lowest BCUT2D eigenvalue weighted by Crippen LogP contribution is -2.45. The van der Waals surface area contributed by atoms with Crippen LogP contribution in [-0.4, -0.2) is 63.7 Å². The summed E-state index contributed by atoms with van der Waals surface area (Å²) in [5.74, 6) is 0.871. The zero-order valence-corrected chi connectivity index (χ0v) is 16.8. The van der Waals surface area contributed by atoms with E-state index in [9.17, 15) is 9.59 Å². The average molecular weight is 410 g/mol. The maximum absolute atomic E-state index is 12.6. The van der Waals surface area contributed by atoms with Crippen LogP contribution in [0.15, 0.2) is 11.4 Å². The minimum Gasteiger partial charge on any atom is -0.468 e. The quantitative estimate of drug-likeness (QED) is 0.436. The number of hydrogen-bond donors (Lipinski definition) is 0. The predicted molar refractivity (Wildman–Crippen MR) is 105 cm³/mol. The van der Waals surface area contributed by atoms with Crippen LogP contribution >= 0.6 is 34.9 Å². The number of esters is 1. The second-order valence-electron chi connectivity index (χ2n) is 6.23. The smallest absolute Gasteiger partial charge is 0.320 e. The summed E-state index contributed by atoms with van der Waals surface area (Å²) in [7, 11) is 1.39. The summed E-state index contributed by atoms with van der Waals surface area (Å²) in [6.45, 7) is 1.09. The molecule has 0 unspecified atom stereocenters. The van der Waals surface area contributed by atoms with E-state index in [1.165, 1.54) is 35.7 Å². The third-order valence-electron chi connectivity index (χ3n) is 4.68. The van der Waals surface area contributed by atoms with Gasteiger partial charge in [-0.05, 0) is 24.8 Å². The Labute approximate surface area is 164 Å². The number of rotatable bonds is 4. The van der Waals surface area contributed by atoms with Gasteiger partial charge in [-0.25, -0.2) is 9.97 Å². The van der Waals surface area contributed by atoms with Crippen LogP contribution in [0.25, 0.3) is 10.2 Å². The van der Waals surface area contributed by atoms with Crippen LogP contribution < -0.4 is 0 Å². The third kappa shape index (κ3) is 3.44. The van der Waals surface area contributed by atoms with Crippen LogP contribution in [0, 0.1) is 0 Å². The molecule has 26 heavy (non-hydrogen) atoms. The molecule has 1 aliphatic heterocycles. The number of hydrogen-bond acceptors (Lipinski definition) is 8. The van der Waals surface area contributed by atoms with Gasteiger partial charge in [0.05, 0.1) is 12.9 Å². The highest BCUT2D eigenvalue weighted by Gasteiger charge is 2.30. The summed E-state index contributed by atoms with van der Waals surface area (Å²) >= 11 is 4.79. The monoisotopic (exact) mass is 409 g/mol. The van der Waals surface area contributed by atoms with Crippen molar-refractivity contribution < 1.29 is 14.3 Å². The number of thioether (sulfide) groups is 2. The number of thiophene rings is 1. The van der Waals surface area contributed by atoms with Gasteiger partial charge in [-0.2, -0.15) is 0 Å². The molecule has 1 fully saturated rings. The molecule has 6 nitrogen and oxygen atoms in total. The Morgan fingerprint density at radius 2 is 2.27 bits per heavy atom. The van der Waals surface area contributed by atoms with Crippen LogP contribution in [-0.2, 0) is 27.2 Å². The fraction of sp³-hybridized carbons (Fsp3) is 0.529. The van der Waals surface area contributed by atoms with Gasteiger partial charge in [0.2, 0.25) is 5.91 Å². The molecule has 0 radical (unpaired) electrons. The molecule has 1 aliphatic carbocycles. The Morgan fingerprint density at radius 1 is 1.38 bits per heavy atom. The van der Waals surface area contributed by atoms with Crippen LogP contribution in [0.3, 0.4) is 0 Å². The van der Waals surface area contributed by atoms with Gasteiger partial charge in [0.25, 0.3) is 0 Å². The lowest BCUT2D eigenvalue weighted by Gasteiger charge is -2.30. The van der Waals surface area contributed by atoms with Gasteiger partial charge >= 0.3 is 5.97 Å².